The Morgan fingerprint density at radius 3 is 2.24 bits per heavy atom. The summed E-state index contributed by atoms with van der Waals surface area (Å²) in [6.07, 6.45) is -3.99. The highest BCUT2D eigenvalue weighted by Gasteiger charge is 2.51. The van der Waals surface area contributed by atoms with E-state index in [1.165, 1.54) is 0 Å². The lowest BCUT2D eigenvalue weighted by Gasteiger charge is -2.34. The van der Waals surface area contributed by atoms with E-state index in [1.54, 1.807) is 4.90 Å². The summed E-state index contributed by atoms with van der Waals surface area (Å²) in [4.78, 5) is 13.5. The van der Waals surface area contributed by atoms with Crippen LogP contribution in [0.3, 0.4) is 0 Å². The molecule has 0 aromatic rings. The summed E-state index contributed by atoms with van der Waals surface area (Å²) in [5.74, 6) is -6.47. The highest BCUT2D eigenvalue weighted by atomic mass is 19.3. The highest BCUT2D eigenvalue weighted by Crippen LogP contribution is 2.25. The smallest absolute Gasteiger partial charge is 0.335 e. The third-order valence-electron chi connectivity index (χ3n) is 2.51. The Hall–Kier alpha value is -1.36. The van der Waals surface area contributed by atoms with Crippen LogP contribution < -0.4 is 0 Å². The molecule has 0 atom stereocenters. The van der Waals surface area contributed by atoms with Crippen LogP contribution in [0.15, 0.2) is 0 Å². The molecule has 1 aliphatic rings. The lowest BCUT2D eigenvalue weighted by atomic mass is 10.2. The van der Waals surface area contributed by atoms with E-state index in [0.717, 1.165) is 0 Å². The van der Waals surface area contributed by atoms with E-state index in [4.69, 9.17) is 5.26 Å². The second kappa shape index (κ2) is 5.31. The number of nitriles is 1. The van der Waals surface area contributed by atoms with Crippen molar-refractivity contribution in [2.75, 3.05) is 32.7 Å². The van der Waals surface area contributed by atoms with Gasteiger partial charge in [0.25, 0.3) is 5.91 Å². The molecule has 96 valence electrons. The Labute approximate surface area is 95.4 Å². The fourth-order valence-corrected chi connectivity index (χ4v) is 1.51. The molecule has 8 heteroatoms. The van der Waals surface area contributed by atoms with Crippen LogP contribution in [0.1, 0.15) is 0 Å². The summed E-state index contributed by atoms with van der Waals surface area (Å²) in [6.45, 7) is 0.468. The van der Waals surface area contributed by atoms with Gasteiger partial charge in [0.1, 0.15) is 0 Å². The minimum absolute atomic E-state index is 0.0666. The zero-order chi connectivity index (χ0) is 13.1. The van der Waals surface area contributed by atoms with E-state index in [1.807, 2.05) is 6.07 Å². The molecule has 0 unspecified atom stereocenters. The van der Waals surface area contributed by atoms with E-state index in [9.17, 15) is 22.4 Å². The maximum absolute atomic E-state index is 12.8. The van der Waals surface area contributed by atoms with Gasteiger partial charge in [0.05, 0.1) is 12.6 Å². The van der Waals surface area contributed by atoms with Crippen molar-refractivity contribution in [3.05, 3.63) is 0 Å². The van der Waals surface area contributed by atoms with Crippen molar-refractivity contribution >= 4 is 5.91 Å². The van der Waals surface area contributed by atoms with Gasteiger partial charge in [-0.05, 0) is 0 Å². The largest absolute Gasteiger partial charge is 0.383 e. The van der Waals surface area contributed by atoms with Gasteiger partial charge in [-0.25, -0.2) is 8.78 Å². The van der Waals surface area contributed by atoms with Gasteiger partial charge in [0, 0.05) is 26.2 Å². The van der Waals surface area contributed by atoms with Crippen molar-refractivity contribution in [1.29, 1.82) is 5.26 Å². The average molecular weight is 253 g/mol. The fourth-order valence-electron chi connectivity index (χ4n) is 1.51. The van der Waals surface area contributed by atoms with Crippen LogP contribution in [0.2, 0.25) is 0 Å². The normalized spacial score (nSPS) is 18.2. The van der Waals surface area contributed by atoms with Crippen LogP contribution in [0.25, 0.3) is 0 Å². The molecule has 4 nitrogen and oxygen atoms in total. The summed E-state index contributed by atoms with van der Waals surface area (Å²) >= 11 is 0. The van der Waals surface area contributed by atoms with Gasteiger partial charge in [0.15, 0.2) is 0 Å². The minimum atomic E-state index is -4.63. The fraction of sp³-hybridized carbons (Fsp3) is 0.778. The van der Waals surface area contributed by atoms with E-state index in [-0.39, 0.29) is 32.7 Å². The van der Waals surface area contributed by atoms with Gasteiger partial charge in [-0.1, -0.05) is 0 Å². The number of halogens is 4. The number of amides is 1. The Morgan fingerprint density at radius 2 is 1.82 bits per heavy atom. The van der Waals surface area contributed by atoms with Gasteiger partial charge in [-0.15, -0.1) is 0 Å². The maximum Gasteiger partial charge on any atom is 0.383 e. The average Bonchev–Trinajstić information content (AvgIpc) is 2.29. The second-order valence-electron chi connectivity index (χ2n) is 3.65. The van der Waals surface area contributed by atoms with Gasteiger partial charge >= 0.3 is 12.3 Å². The van der Waals surface area contributed by atoms with Crippen molar-refractivity contribution in [3.63, 3.8) is 0 Å². The summed E-state index contributed by atoms with van der Waals surface area (Å²) in [7, 11) is 0. The van der Waals surface area contributed by atoms with E-state index in [0.29, 0.717) is 4.90 Å². The topological polar surface area (TPSA) is 47.3 Å². The highest BCUT2D eigenvalue weighted by molar-refractivity contribution is 5.84. The zero-order valence-corrected chi connectivity index (χ0v) is 8.87. The first-order valence-corrected chi connectivity index (χ1v) is 4.94. The van der Waals surface area contributed by atoms with Crippen LogP contribution in [0.4, 0.5) is 17.6 Å². The first kappa shape index (κ1) is 13.7. The molecule has 17 heavy (non-hydrogen) atoms. The number of rotatable bonds is 3. The number of carbonyl (C=O) groups is 1. The van der Waals surface area contributed by atoms with Crippen molar-refractivity contribution in [1.82, 2.24) is 9.80 Å². The molecule has 0 bridgehead atoms. The number of hydrogen-bond acceptors (Lipinski definition) is 3. The third kappa shape index (κ3) is 3.06. The summed E-state index contributed by atoms with van der Waals surface area (Å²) in [5.41, 5.74) is 0. The predicted octanol–water partition coefficient (Wildman–Crippen LogP) is 0.555. The number of nitrogens with zero attached hydrogens (tertiary/aromatic N) is 3. The van der Waals surface area contributed by atoms with Crippen molar-refractivity contribution in [2.45, 2.75) is 12.3 Å². The Balaban J connectivity index is 2.55. The lowest BCUT2D eigenvalue weighted by Crippen LogP contribution is -2.55. The standard InChI is InChI=1S/C9H11F4N3O/c10-7(11)9(12,13)8(17)16-5-3-15(2-1-14)4-6-16/h7H,2-6H2. The van der Waals surface area contributed by atoms with E-state index >= 15 is 0 Å². The molecule has 1 aliphatic heterocycles. The van der Waals surface area contributed by atoms with Gasteiger partial charge < -0.3 is 4.90 Å². The molecular formula is C9H11F4N3O. The van der Waals surface area contributed by atoms with Gasteiger partial charge in [-0.3, -0.25) is 9.69 Å². The number of piperazine rings is 1. The Morgan fingerprint density at radius 1 is 1.29 bits per heavy atom. The summed E-state index contributed by atoms with van der Waals surface area (Å²) in [5, 5.41) is 8.40. The van der Waals surface area contributed by atoms with Crippen molar-refractivity contribution < 1.29 is 22.4 Å². The third-order valence-corrected chi connectivity index (χ3v) is 2.51. The molecule has 1 rings (SSSR count). The summed E-state index contributed by atoms with van der Waals surface area (Å²) < 4.78 is 49.5. The molecule has 1 heterocycles. The molecule has 1 saturated heterocycles. The molecule has 0 spiro atoms. The lowest BCUT2D eigenvalue weighted by molar-refractivity contribution is -0.182. The van der Waals surface area contributed by atoms with Crippen LogP contribution in [-0.4, -0.2) is 60.8 Å². The van der Waals surface area contributed by atoms with E-state index < -0.39 is 18.3 Å². The predicted molar refractivity (Wildman–Crippen MR) is 49.6 cm³/mol. The first-order valence-electron chi connectivity index (χ1n) is 4.94. The van der Waals surface area contributed by atoms with Crippen LogP contribution in [-0.2, 0) is 4.79 Å². The molecule has 0 N–H and O–H groups in total. The number of hydrogen-bond donors (Lipinski definition) is 0. The van der Waals surface area contributed by atoms with Crippen molar-refractivity contribution in [3.8, 4) is 6.07 Å². The molecular weight excluding hydrogens is 242 g/mol. The van der Waals surface area contributed by atoms with Crippen molar-refractivity contribution in [2.24, 2.45) is 0 Å². The Bertz CT molecular complexity index is 321. The second-order valence-corrected chi connectivity index (χ2v) is 3.65. The van der Waals surface area contributed by atoms with Gasteiger partial charge in [-0.2, -0.15) is 14.0 Å². The molecule has 1 fully saturated rings. The first-order chi connectivity index (χ1) is 7.89. The zero-order valence-electron chi connectivity index (χ0n) is 8.87. The van der Waals surface area contributed by atoms with E-state index in [2.05, 4.69) is 0 Å². The monoisotopic (exact) mass is 253 g/mol. The molecule has 0 saturated carbocycles. The van der Waals surface area contributed by atoms with Crippen LogP contribution in [0.5, 0.6) is 0 Å². The van der Waals surface area contributed by atoms with Crippen LogP contribution in [0, 0.1) is 11.3 Å². The Kier molecular flexibility index (Phi) is 4.28. The van der Waals surface area contributed by atoms with Gasteiger partial charge in [0.2, 0.25) is 0 Å². The quantitative estimate of drug-likeness (QED) is 0.545. The summed E-state index contributed by atoms with van der Waals surface area (Å²) in [6, 6.07) is 1.88. The maximum atomic E-state index is 12.8. The minimum Gasteiger partial charge on any atom is -0.335 e. The number of carbonyl (C=O) groups excluding carboxylic acids is 1. The number of alkyl halides is 4. The molecule has 0 radical (unpaired) electrons. The molecule has 1 amide bonds. The molecule has 0 aromatic heterocycles. The SMILES string of the molecule is N#CCN1CCN(C(=O)C(F)(F)C(F)F)CC1. The van der Waals surface area contributed by atoms with Crippen LogP contribution >= 0.6 is 0 Å². The molecule has 0 aliphatic carbocycles. The molecule has 0 aromatic carbocycles.